The van der Waals surface area contributed by atoms with Gasteiger partial charge < -0.3 is 9.84 Å². The zero-order chi connectivity index (χ0) is 27.9. The number of hydrogen-bond acceptors (Lipinski definition) is 3. The summed E-state index contributed by atoms with van der Waals surface area (Å²) in [6, 6.07) is 0. The second kappa shape index (κ2) is 22.8. The summed E-state index contributed by atoms with van der Waals surface area (Å²) >= 11 is 0. The van der Waals surface area contributed by atoms with E-state index in [1.165, 1.54) is 35.5 Å². The number of methoxy groups -OCH3 is 1. The molecule has 0 heterocycles. The largest absolute Gasteiger partial charge is 0.478 e. The average Bonchev–Trinajstić information content (AvgIpc) is 2.78. The Morgan fingerprint density at radius 3 is 1.39 bits per heavy atom. The van der Waals surface area contributed by atoms with Gasteiger partial charge in [0.25, 0.3) is 0 Å². The zero-order valence-electron chi connectivity index (χ0n) is 24.5. The standard InChI is InChI=1S/2C16H26O2/c1-13(2)8-6-9-14(3)10-7-11-15(4)12-16(17)18-5;1-5-13(2)8-6-9-14(3)10-7-11-15(4)12-16(17)18/h8,10,12H,6-7,9,11H2,1-5H3;8,10,12H,5-7,9,11H2,1-4H3,(H,17,18). The van der Waals surface area contributed by atoms with Gasteiger partial charge in [0.2, 0.25) is 0 Å². The predicted octanol–water partition coefficient (Wildman–Crippen LogP) is 9.46. The molecule has 0 aliphatic heterocycles. The first-order valence-electron chi connectivity index (χ1n) is 13.2. The van der Waals surface area contributed by atoms with Gasteiger partial charge in [-0.1, -0.05) is 64.7 Å². The van der Waals surface area contributed by atoms with Crippen LogP contribution >= 0.6 is 0 Å². The number of carboxylic acid groups (broad SMARTS) is 1. The summed E-state index contributed by atoms with van der Waals surface area (Å²) < 4.78 is 4.59. The Labute approximate surface area is 221 Å². The van der Waals surface area contributed by atoms with E-state index in [4.69, 9.17) is 5.11 Å². The van der Waals surface area contributed by atoms with Gasteiger partial charge >= 0.3 is 11.9 Å². The fraction of sp³-hybridized carbons (Fsp3) is 0.562. The maximum Gasteiger partial charge on any atom is 0.330 e. The van der Waals surface area contributed by atoms with Crippen molar-refractivity contribution in [2.24, 2.45) is 0 Å². The Kier molecular flexibility index (Phi) is 22.5. The molecule has 4 nitrogen and oxygen atoms in total. The first-order chi connectivity index (χ1) is 16.9. The van der Waals surface area contributed by atoms with Crippen molar-refractivity contribution in [3.05, 3.63) is 69.9 Å². The minimum absolute atomic E-state index is 0.267. The Hall–Kier alpha value is -2.62. The van der Waals surface area contributed by atoms with Crippen LogP contribution < -0.4 is 0 Å². The molecule has 0 spiro atoms. The Bertz CT molecular complexity index is 828. The highest BCUT2D eigenvalue weighted by atomic mass is 16.5. The van der Waals surface area contributed by atoms with Gasteiger partial charge in [-0.15, -0.1) is 0 Å². The van der Waals surface area contributed by atoms with Gasteiger partial charge in [-0.3, -0.25) is 0 Å². The summed E-state index contributed by atoms with van der Waals surface area (Å²) in [5.41, 5.74) is 7.61. The number of ether oxygens (including phenoxy) is 1. The SMILES string of the molecule is CCC(C)=CCCC(C)=CCCC(C)=CC(=O)O.COC(=O)C=C(C)CCC=C(C)CCC=C(C)C. The summed E-state index contributed by atoms with van der Waals surface area (Å²) in [7, 11) is 1.40. The maximum atomic E-state index is 11.0. The van der Waals surface area contributed by atoms with E-state index in [1.807, 2.05) is 13.8 Å². The Balaban J connectivity index is 0. The van der Waals surface area contributed by atoms with Crippen LogP contribution in [0.5, 0.6) is 0 Å². The van der Waals surface area contributed by atoms with Crippen molar-refractivity contribution in [2.45, 2.75) is 113 Å². The molecule has 0 amide bonds. The Morgan fingerprint density at radius 2 is 1.00 bits per heavy atom. The van der Waals surface area contributed by atoms with Gasteiger partial charge in [0, 0.05) is 12.2 Å². The fourth-order valence-electron chi connectivity index (χ4n) is 3.19. The molecule has 204 valence electrons. The maximum absolute atomic E-state index is 11.0. The van der Waals surface area contributed by atoms with Crippen LogP contribution in [0.4, 0.5) is 0 Å². The molecule has 0 bridgehead atoms. The van der Waals surface area contributed by atoms with Crippen molar-refractivity contribution in [1.82, 2.24) is 0 Å². The fourth-order valence-corrected chi connectivity index (χ4v) is 3.19. The topological polar surface area (TPSA) is 63.6 Å². The number of rotatable bonds is 15. The lowest BCUT2D eigenvalue weighted by Gasteiger charge is -2.01. The first kappa shape index (κ1) is 35.5. The molecule has 4 heteroatoms. The number of carbonyl (C=O) groups excluding carboxylic acids is 1. The third-order valence-electron chi connectivity index (χ3n) is 5.68. The molecule has 0 aromatic carbocycles. The van der Waals surface area contributed by atoms with E-state index in [-0.39, 0.29) is 5.97 Å². The molecular formula is C32H52O4. The van der Waals surface area contributed by atoms with E-state index in [0.29, 0.717) is 0 Å². The van der Waals surface area contributed by atoms with Crippen molar-refractivity contribution in [3.8, 4) is 0 Å². The second-order valence-corrected chi connectivity index (χ2v) is 9.78. The van der Waals surface area contributed by atoms with E-state index < -0.39 is 5.97 Å². The summed E-state index contributed by atoms with van der Waals surface area (Å²) in [6.07, 6.45) is 21.1. The number of carbonyl (C=O) groups is 2. The van der Waals surface area contributed by atoms with E-state index in [2.05, 4.69) is 70.6 Å². The normalized spacial score (nSPS) is 13.1. The number of hydrogen-bond donors (Lipinski definition) is 1. The third kappa shape index (κ3) is 26.0. The van der Waals surface area contributed by atoms with Crippen LogP contribution in [0.3, 0.4) is 0 Å². The van der Waals surface area contributed by atoms with Crippen molar-refractivity contribution < 1.29 is 19.4 Å². The van der Waals surface area contributed by atoms with Gasteiger partial charge in [0.15, 0.2) is 0 Å². The van der Waals surface area contributed by atoms with Gasteiger partial charge in [-0.25, -0.2) is 9.59 Å². The molecule has 0 atom stereocenters. The molecule has 0 rings (SSSR count). The smallest absolute Gasteiger partial charge is 0.330 e. The van der Waals surface area contributed by atoms with E-state index in [9.17, 15) is 9.59 Å². The van der Waals surface area contributed by atoms with Crippen LogP contribution in [0, 0.1) is 0 Å². The summed E-state index contributed by atoms with van der Waals surface area (Å²) in [6.45, 7) is 16.7. The highest BCUT2D eigenvalue weighted by molar-refractivity contribution is 5.82. The van der Waals surface area contributed by atoms with E-state index in [1.54, 1.807) is 6.08 Å². The summed E-state index contributed by atoms with van der Waals surface area (Å²) in [5.74, 6) is -1.12. The second-order valence-electron chi connectivity index (χ2n) is 9.78. The molecule has 36 heavy (non-hydrogen) atoms. The quantitative estimate of drug-likeness (QED) is 0.138. The average molecular weight is 501 g/mol. The van der Waals surface area contributed by atoms with Crippen LogP contribution in [0.15, 0.2) is 69.9 Å². The highest BCUT2D eigenvalue weighted by Gasteiger charge is 1.97. The highest BCUT2D eigenvalue weighted by Crippen LogP contribution is 2.13. The molecule has 0 unspecified atom stereocenters. The monoisotopic (exact) mass is 500 g/mol. The minimum atomic E-state index is -0.853. The number of aliphatic carboxylic acids is 1. The lowest BCUT2D eigenvalue weighted by atomic mass is 10.1. The molecule has 0 saturated heterocycles. The molecule has 0 aliphatic rings. The van der Waals surface area contributed by atoms with Crippen molar-refractivity contribution >= 4 is 11.9 Å². The van der Waals surface area contributed by atoms with Gasteiger partial charge in [0.1, 0.15) is 0 Å². The predicted molar refractivity (Wildman–Crippen MR) is 155 cm³/mol. The van der Waals surface area contributed by atoms with Gasteiger partial charge in [0.05, 0.1) is 7.11 Å². The van der Waals surface area contributed by atoms with Crippen LogP contribution in [0.1, 0.15) is 113 Å². The summed E-state index contributed by atoms with van der Waals surface area (Å²) in [5, 5.41) is 8.59. The molecule has 1 N–H and O–H groups in total. The number of carboxylic acids is 1. The van der Waals surface area contributed by atoms with Crippen LogP contribution in [-0.2, 0) is 14.3 Å². The zero-order valence-corrected chi connectivity index (χ0v) is 24.5. The Morgan fingerprint density at radius 1 is 0.611 bits per heavy atom. The number of allylic oxidation sites excluding steroid dienone is 10. The molecule has 0 fully saturated rings. The lowest BCUT2D eigenvalue weighted by molar-refractivity contribution is -0.135. The summed E-state index contributed by atoms with van der Waals surface area (Å²) in [4.78, 5) is 21.4. The van der Waals surface area contributed by atoms with Gasteiger partial charge in [-0.2, -0.15) is 0 Å². The molecular weight excluding hydrogens is 448 g/mol. The molecule has 0 saturated carbocycles. The van der Waals surface area contributed by atoms with E-state index in [0.717, 1.165) is 68.9 Å². The first-order valence-corrected chi connectivity index (χ1v) is 13.2. The molecule has 0 radical (unpaired) electrons. The van der Waals surface area contributed by atoms with Crippen molar-refractivity contribution in [1.29, 1.82) is 0 Å². The van der Waals surface area contributed by atoms with Crippen LogP contribution in [0.25, 0.3) is 0 Å². The molecule has 0 aromatic heterocycles. The van der Waals surface area contributed by atoms with Crippen molar-refractivity contribution in [3.63, 3.8) is 0 Å². The van der Waals surface area contributed by atoms with Crippen LogP contribution in [-0.4, -0.2) is 24.2 Å². The molecule has 0 aromatic rings. The third-order valence-corrected chi connectivity index (χ3v) is 5.68. The molecule has 0 aliphatic carbocycles. The van der Waals surface area contributed by atoms with Crippen molar-refractivity contribution in [2.75, 3.05) is 7.11 Å². The van der Waals surface area contributed by atoms with Gasteiger partial charge in [-0.05, 0) is 106 Å². The van der Waals surface area contributed by atoms with E-state index >= 15 is 0 Å². The minimum Gasteiger partial charge on any atom is -0.478 e. The lowest BCUT2D eigenvalue weighted by Crippen LogP contribution is -1.95. The van der Waals surface area contributed by atoms with Crippen LogP contribution in [0.2, 0.25) is 0 Å². The number of esters is 1.